The molecule has 0 aliphatic rings. The fourth-order valence-electron chi connectivity index (χ4n) is 1.42. The molecule has 0 aliphatic heterocycles. The third-order valence-electron chi connectivity index (χ3n) is 2.09. The van der Waals surface area contributed by atoms with Crippen molar-refractivity contribution in [2.75, 3.05) is 12.3 Å². The third-order valence-corrected chi connectivity index (χ3v) is 2.09. The average molecular weight is 191 g/mol. The molecule has 0 unspecified atom stereocenters. The quantitative estimate of drug-likeness (QED) is 0.763. The number of hydrogen-bond acceptors (Lipinski definition) is 3. The minimum Gasteiger partial charge on any atom is -0.384 e. The van der Waals surface area contributed by atoms with Gasteiger partial charge in [-0.15, -0.1) is 0 Å². The minimum atomic E-state index is 0.580. The van der Waals surface area contributed by atoms with Crippen molar-refractivity contribution in [3.8, 4) is 0 Å². The van der Waals surface area contributed by atoms with E-state index in [-0.39, 0.29) is 0 Å². The Hall–Kier alpha value is -1.35. The first kappa shape index (κ1) is 10.7. The van der Waals surface area contributed by atoms with Gasteiger partial charge in [0.2, 0.25) is 0 Å². The summed E-state index contributed by atoms with van der Waals surface area (Å²) in [5.41, 5.74) is 14.3. The molecule has 76 valence electrons. The molecule has 0 bridgehead atoms. The Bertz CT molecular complexity index is 319. The van der Waals surface area contributed by atoms with Gasteiger partial charge in [0.25, 0.3) is 0 Å². The highest BCUT2D eigenvalue weighted by Crippen LogP contribution is 2.16. The number of hydrogen-bond donors (Lipinski definition) is 2. The molecule has 1 rings (SSSR count). The molecular weight excluding hydrogens is 174 g/mol. The SMILES string of the molecule is Cc1cc(N)nc(C)c1C=CCCN. The first-order chi connectivity index (χ1) is 6.65. The van der Waals surface area contributed by atoms with E-state index in [1.165, 1.54) is 0 Å². The standard InChI is InChI=1S/C11H17N3/c1-8-7-11(13)14-9(2)10(8)5-3-4-6-12/h3,5,7H,4,6,12H2,1-2H3,(H2,13,14). The van der Waals surface area contributed by atoms with E-state index >= 15 is 0 Å². The van der Waals surface area contributed by atoms with Crippen LogP contribution in [0.4, 0.5) is 5.82 Å². The highest BCUT2D eigenvalue weighted by atomic mass is 14.8. The molecule has 0 atom stereocenters. The molecule has 1 aromatic heterocycles. The van der Waals surface area contributed by atoms with Crippen molar-refractivity contribution in [1.82, 2.24) is 4.98 Å². The van der Waals surface area contributed by atoms with Crippen LogP contribution in [0.2, 0.25) is 0 Å². The van der Waals surface area contributed by atoms with E-state index in [2.05, 4.69) is 17.1 Å². The summed E-state index contributed by atoms with van der Waals surface area (Å²) in [5, 5.41) is 0. The zero-order valence-electron chi connectivity index (χ0n) is 8.75. The fraction of sp³-hybridized carbons (Fsp3) is 0.364. The van der Waals surface area contributed by atoms with E-state index in [9.17, 15) is 0 Å². The molecule has 3 heteroatoms. The molecule has 4 N–H and O–H groups in total. The fourth-order valence-corrected chi connectivity index (χ4v) is 1.42. The molecule has 0 amide bonds. The molecule has 1 aromatic rings. The molecule has 14 heavy (non-hydrogen) atoms. The maximum atomic E-state index is 5.63. The highest BCUT2D eigenvalue weighted by Gasteiger charge is 2.01. The van der Waals surface area contributed by atoms with Crippen LogP contribution in [0.5, 0.6) is 0 Å². The number of anilines is 1. The van der Waals surface area contributed by atoms with Crippen LogP contribution in [-0.2, 0) is 0 Å². The number of nitrogens with zero attached hydrogens (tertiary/aromatic N) is 1. The zero-order chi connectivity index (χ0) is 10.6. The molecule has 3 nitrogen and oxygen atoms in total. The minimum absolute atomic E-state index is 0.580. The molecule has 0 saturated carbocycles. The van der Waals surface area contributed by atoms with Crippen molar-refractivity contribution in [1.29, 1.82) is 0 Å². The lowest BCUT2D eigenvalue weighted by molar-refractivity contribution is 1.01. The Labute approximate surface area is 84.8 Å². The number of nitrogens with two attached hydrogens (primary N) is 2. The van der Waals surface area contributed by atoms with Crippen LogP contribution in [0, 0.1) is 13.8 Å². The second kappa shape index (κ2) is 4.77. The summed E-state index contributed by atoms with van der Waals surface area (Å²) in [6.07, 6.45) is 5.01. The molecule has 0 aliphatic carbocycles. The van der Waals surface area contributed by atoms with Crippen LogP contribution in [-0.4, -0.2) is 11.5 Å². The summed E-state index contributed by atoms with van der Waals surface area (Å²) in [6.45, 7) is 4.68. The van der Waals surface area contributed by atoms with Gasteiger partial charge < -0.3 is 11.5 Å². The van der Waals surface area contributed by atoms with Crippen LogP contribution in [0.25, 0.3) is 6.08 Å². The second-order valence-corrected chi connectivity index (χ2v) is 3.34. The Morgan fingerprint density at radius 3 is 2.71 bits per heavy atom. The smallest absolute Gasteiger partial charge is 0.123 e. The Morgan fingerprint density at radius 1 is 1.43 bits per heavy atom. The highest BCUT2D eigenvalue weighted by molar-refractivity contribution is 5.58. The first-order valence-corrected chi connectivity index (χ1v) is 4.75. The van der Waals surface area contributed by atoms with E-state index in [0.29, 0.717) is 12.4 Å². The topological polar surface area (TPSA) is 64.9 Å². The van der Waals surface area contributed by atoms with Crippen molar-refractivity contribution in [3.05, 3.63) is 29.0 Å². The van der Waals surface area contributed by atoms with Crippen LogP contribution in [0.1, 0.15) is 23.2 Å². The Balaban J connectivity index is 2.96. The van der Waals surface area contributed by atoms with Crippen LogP contribution in [0.3, 0.4) is 0 Å². The van der Waals surface area contributed by atoms with Gasteiger partial charge in [0.1, 0.15) is 5.82 Å². The predicted molar refractivity (Wildman–Crippen MR) is 60.8 cm³/mol. The van der Waals surface area contributed by atoms with Gasteiger partial charge in [0.15, 0.2) is 0 Å². The summed E-state index contributed by atoms with van der Waals surface area (Å²) in [6, 6.07) is 1.88. The number of pyridine rings is 1. The van der Waals surface area contributed by atoms with Crippen molar-refractivity contribution < 1.29 is 0 Å². The first-order valence-electron chi connectivity index (χ1n) is 4.75. The van der Waals surface area contributed by atoms with E-state index in [1.807, 2.05) is 19.9 Å². The Kier molecular flexibility index (Phi) is 3.65. The van der Waals surface area contributed by atoms with Gasteiger partial charge in [-0.3, -0.25) is 0 Å². The molecule has 0 aromatic carbocycles. The van der Waals surface area contributed by atoms with E-state index < -0.39 is 0 Å². The van der Waals surface area contributed by atoms with Gasteiger partial charge in [0.05, 0.1) is 0 Å². The Morgan fingerprint density at radius 2 is 2.14 bits per heavy atom. The van der Waals surface area contributed by atoms with Gasteiger partial charge in [-0.2, -0.15) is 0 Å². The maximum absolute atomic E-state index is 5.63. The lowest BCUT2D eigenvalue weighted by Crippen LogP contribution is -1.98. The van der Waals surface area contributed by atoms with Crippen molar-refractivity contribution >= 4 is 11.9 Å². The summed E-state index contributed by atoms with van der Waals surface area (Å²) in [7, 11) is 0. The third kappa shape index (κ3) is 2.57. The summed E-state index contributed by atoms with van der Waals surface area (Å²) in [4.78, 5) is 4.21. The summed E-state index contributed by atoms with van der Waals surface area (Å²) < 4.78 is 0. The molecule has 0 fully saturated rings. The molecule has 1 heterocycles. The molecule has 0 radical (unpaired) electrons. The van der Waals surface area contributed by atoms with Crippen LogP contribution in [0.15, 0.2) is 12.1 Å². The van der Waals surface area contributed by atoms with E-state index in [0.717, 1.165) is 23.2 Å². The number of rotatable bonds is 3. The molecule has 0 saturated heterocycles. The summed E-state index contributed by atoms with van der Waals surface area (Å²) >= 11 is 0. The monoisotopic (exact) mass is 191 g/mol. The van der Waals surface area contributed by atoms with Crippen molar-refractivity contribution in [2.45, 2.75) is 20.3 Å². The summed E-state index contributed by atoms with van der Waals surface area (Å²) in [5.74, 6) is 0.580. The predicted octanol–water partition coefficient (Wildman–Crippen LogP) is 1.64. The lowest BCUT2D eigenvalue weighted by atomic mass is 10.1. The molecular formula is C11H17N3. The van der Waals surface area contributed by atoms with Gasteiger partial charge in [0, 0.05) is 5.69 Å². The second-order valence-electron chi connectivity index (χ2n) is 3.34. The van der Waals surface area contributed by atoms with E-state index in [1.54, 1.807) is 0 Å². The lowest BCUT2D eigenvalue weighted by Gasteiger charge is -2.05. The van der Waals surface area contributed by atoms with Crippen molar-refractivity contribution in [3.63, 3.8) is 0 Å². The van der Waals surface area contributed by atoms with Crippen LogP contribution >= 0.6 is 0 Å². The van der Waals surface area contributed by atoms with Gasteiger partial charge in [-0.05, 0) is 44.0 Å². The zero-order valence-corrected chi connectivity index (χ0v) is 8.75. The van der Waals surface area contributed by atoms with E-state index in [4.69, 9.17) is 11.5 Å². The van der Waals surface area contributed by atoms with Gasteiger partial charge in [-0.1, -0.05) is 12.2 Å². The average Bonchev–Trinajstić information content (AvgIpc) is 2.09. The maximum Gasteiger partial charge on any atom is 0.123 e. The largest absolute Gasteiger partial charge is 0.384 e. The molecule has 0 spiro atoms. The van der Waals surface area contributed by atoms with Crippen molar-refractivity contribution in [2.24, 2.45) is 5.73 Å². The van der Waals surface area contributed by atoms with Crippen LogP contribution < -0.4 is 11.5 Å². The number of aryl methyl sites for hydroxylation is 2. The van der Waals surface area contributed by atoms with Gasteiger partial charge >= 0.3 is 0 Å². The normalized spacial score (nSPS) is 11.1. The number of aromatic nitrogens is 1. The number of nitrogen functional groups attached to an aromatic ring is 1. The van der Waals surface area contributed by atoms with Gasteiger partial charge in [-0.25, -0.2) is 4.98 Å².